The quantitative estimate of drug-likeness (QED) is 0.893. The molecule has 0 aromatic heterocycles. The van der Waals surface area contributed by atoms with Crippen LogP contribution in [0.1, 0.15) is 31.2 Å². The van der Waals surface area contributed by atoms with E-state index >= 15 is 0 Å². The summed E-state index contributed by atoms with van der Waals surface area (Å²) in [7, 11) is 3.25. The molecule has 0 aliphatic carbocycles. The van der Waals surface area contributed by atoms with Crippen LogP contribution in [0.5, 0.6) is 11.5 Å². The summed E-state index contributed by atoms with van der Waals surface area (Å²) in [6.07, 6.45) is 1.05. The molecule has 1 fully saturated rings. The molecule has 0 saturated carbocycles. The average molecular weight is 252 g/mol. The van der Waals surface area contributed by atoms with Crippen LogP contribution in [0.4, 0.5) is 0 Å². The van der Waals surface area contributed by atoms with Gasteiger partial charge in [0.25, 0.3) is 0 Å². The van der Waals surface area contributed by atoms with Gasteiger partial charge < -0.3 is 19.3 Å². The zero-order valence-corrected chi connectivity index (χ0v) is 11.1. The molecule has 1 saturated heterocycles. The fraction of sp³-hybridized carbons (Fsp3) is 0.571. The molecule has 1 aliphatic rings. The Morgan fingerprint density at radius 1 is 1.22 bits per heavy atom. The van der Waals surface area contributed by atoms with Crippen molar-refractivity contribution in [1.29, 1.82) is 0 Å². The predicted octanol–water partition coefficient (Wildman–Crippen LogP) is 2.30. The molecule has 0 spiro atoms. The minimum Gasteiger partial charge on any atom is -0.493 e. The van der Waals surface area contributed by atoms with Crippen LogP contribution < -0.4 is 9.47 Å². The highest BCUT2D eigenvalue weighted by Gasteiger charge is 2.29. The lowest BCUT2D eigenvalue weighted by molar-refractivity contribution is -0.0951. The highest BCUT2D eigenvalue weighted by molar-refractivity contribution is 5.44. The Balaban J connectivity index is 2.17. The average Bonchev–Trinajstić information content (AvgIpc) is 2.83. The van der Waals surface area contributed by atoms with Crippen LogP contribution in [0.15, 0.2) is 18.2 Å². The maximum atomic E-state index is 9.41. The van der Waals surface area contributed by atoms with Gasteiger partial charge in [-0.15, -0.1) is 0 Å². The van der Waals surface area contributed by atoms with E-state index in [0.29, 0.717) is 6.42 Å². The monoisotopic (exact) mass is 252 g/mol. The zero-order valence-electron chi connectivity index (χ0n) is 11.1. The van der Waals surface area contributed by atoms with Gasteiger partial charge in [0.15, 0.2) is 17.8 Å². The molecule has 1 N–H and O–H groups in total. The summed E-state index contributed by atoms with van der Waals surface area (Å²) >= 11 is 0. The van der Waals surface area contributed by atoms with E-state index in [1.165, 1.54) is 0 Å². The molecule has 100 valence electrons. The second-order valence-electron chi connectivity index (χ2n) is 4.61. The van der Waals surface area contributed by atoms with Crippen molar-refractivity contribution in [2.45, 2.75) is 38.1 Å². The zero-order chi connectivity index (χ0) is 13.1. The molecule has 0 radical (unpaired) electrons. The number of aliphatic hydroxyl groups excluding tert-OH is 1. The third-order valence-corrected chi connectivity index (χ3v) is 3.52. The van der Waals surface area contributed by atoms with Gasteiger partial charge in [-0.3, -0.25) is 0 Å². The molecule has 0 amide bonds. The lowest BCUT2D eigenvalue weighted by atomic mass is 9.93. The lowest BCUT2D eigenvalue weighted by Gasteiger charge is -2.20. The minimum atomic E-state index is -0.613. The van der Waals surface area contributed by atoms with E-state index in [4.69, 9.17) is 14.2 Å². The molecule has 1 heterocycles. The smallest absolute Gasteiger partial charge is 0.160 e. The fourth-order valence-corrected chi connectivity index (χ4v) is 2.36. The number of rotatable bonds is 4. The van der Waals surface area contributed by atoms with Gasteiger partial charge in [-0.2, -0.15) is 0 Å². The first kappa shape index (κ1) is 13.2. The minimum absolute atomic E-state index is 0.0677. The third kappa shape index (κ3) is 2.60. The molecule has 4 heteroatoms. The van der Waals surface area contributed by atoms with Crippen LogP contribution in [-0.2, 0) is 4.74 Å². The van der Waals surface area contributed by atoms with Crippen molar-refractivity contribution in [3.8, 4) is 11.5 Å². The Bertz CT molecular complexity index is 405. The van der Waals surface area contributed by atoms with Crippen molar-refractivity contribution < 1.29 is 19.3 Å². The van der Waals surface area contributed by atoms with Crippen molar-refractivity contribution in [3.63, 3.8) is 0 Å². The van der Waals surface area contributed by atoms with E-state index in [1.807, 2.05) is 18.2 Å². The maximum Gasteiger partial charge on any atom is 0.160 e. The van der Waals surface area contributed by atoms with E-state index in [1.54, 1.807) is 14.2 Å². The first-order valence-electron chi connectivity index (χ1n) is 6.21. The molecule has 1 aliphatic heterocycles. The molecule has 18 heavy (non-hydrogen) atoms. The number of hydrogen-bond acceptors (Lipinski definition) is 4. The summed E-state index contributed by atoms with van der Waals surface area (Å²) in [4.78, 5) is 0. The van der Waals surface area contributed by atoms with Crippen molar-refractivity contribution >= 4 is 0 Å². The molecule has 3 atom stereocenters. The summed E-state index contributed by atoms with van der Waals surface area (Å²) < 4.78 is 16.0. The SMILES string of the molecule is COc1ccc([C@H](C)[C@@H]2CCC(O)O2)cc1OC. The topological polar surface area (TPSA) is 47.9 Å². The molecule has 2 rings (SSSR count). The Labute approximate surface area is 107 Å². The van der Waals surface area contributed by atoms with Crippen LogP contribution >= 0.6 is 0 Å². The van der Waals surface area contributed by atoms with Gasteiger partial charge in [-0.25, -0.2) is 0 Å². The van der Waals surface area contributed by atoms with E-state index in [0.717, 1.165) is 23.5 Å². The van der Waals surface area contributed by atoms with Crippen LogP contribution in [0.25, 0.3) is 0 Å². The van der Waals surface area contributed by atoms with Gasteiger partial charge in [-0.1, -0.05) is 13.0 Å². The van der Waals surface area contributed by atoms with E-state index in [2.05, 4.69) is 6.92 Å². The lowest BCUT2D eigenvalue weighted by Crippen LogP contribution is -2.17. The number of benzene rings is 1. The van der Waals surface area contributed by atoms with Gasteiger partial charge in [-0.05, 0) is 24.1 Å². The van der Waals surface area contributed by atoms with Crippen molar-refractivity contribution in [1.82, 2.24) is 0 Å². The van der Waals surface area contributed by atoms with Gasteiger partial charge in [0, 0.05) is 12.3 Å². The highest BCUT2D eigenvalue weighted by atomic mass is 16.6. The van der Waals surface area contributed by atoms with Gasteiger partial charge in [0.05, 0.1) is 20.3 Å². The van der Waals surface area contributed by atoms with Crippen molar-refractivity contribution in [2.24, 2.45) is 0 Å². The van der Waals surface area contributed by atoms with Crippen LogP contribution in [0, 0.1) is 0 Å². The Morgan fingerprint density at radius 3 is 2.50 bits per heavy atom. The molecule has 1 aromatic rings. The fourth-order valence-electron chi connectivity index (χ4n) is 2.36. The first-order chi connectivity index (χ1) is 8.65. The van der Waals surface area contributed by atoms with Crippen LogP contribution in [0.3, 0.4) is 0 Å². The van der Waals surface area contributed by atoms with Crippen LogP contribution in [0.2, 0.25) is 0 Å². The molecule has 1 unspecified atom stereocenters. The largest absolute Gasteiger partial charge is 0.493 e. The maximum absolute atomic E-state index is 9.41. The summed E-state index contributed by atoms with van der Waals surface area (Å²) in [5.41, 5.74) is 1.13. The highest BCUT2D eigenvalue weighted by Crippen LogP contribution is 2.35. The van der Waals surface area contributed by atoms with E-state index in [9.17, 15) is 5.11 Å². The Morgan fingerprint density at radius 2 is 1.94 bits per heavy atom. The van der Waals surface area contributed by atoms with Gasteiger partial charge in [0.1, 0.15) is 0 Å². The Hall–Kier alpha value is -1.26. The summed E-state index contributed by atoms with van der Waals surface area (Å²) in [5.74, 6) is 1.67. The summed E-state index contributed by atoms with van der Waals surface area (Å²) in [6, 6.07) is 5.88. The molecular weight excluding hydrogens is 232 g/mol. The standard InChI is InChI=1S/C14H20O4/c1-9(11-6-7-14(15)18-11)10-4-5-12(16-2)13(8-10)17-3/h4-5,8-9,11,14-15H,6-7H2,1-3H3/t9-,11-,14?/m0/s1. The summed E-state index contributed by atoms with van der Waals surface area (Å²) in [5, 5.41) is 9.41. The number of ether oxygens (including phenoxy) is 3. The number of aliphatic hydroxyl groups is 1. The molecule has 0 bridgehead atoms. The first-order valence-corrected chi connectivity index (χ1v) is 6.21. The van der Waals surface area contributed by atoms with E-state index in [-0.39, 0.29) is 12.0 Å². The molecule has 1 aromatic carbocycles. The van der Waals surface area contributed by atoms with Gasteiger partial charge >= 0.3 is 0 Å². The second-order valence-corrected chi connectivity index (χ2v) is 4.61. The Kier molecular flexibility index (Phi) is 4.09. The number of hydrogen-bond donors (Lipinski definition) is 1. The third-order valence-electron chi connectivity index (χ3n) is 3.52. The molecule has 4 nitrogen and oxygen atoms in total. The predicted molar refractivity (Wildman–Crippen MR) is 68.1 cm³/mol. The van der Waals surface area contributed by atoms with E-state index < -0.39 is 6.29 Å². The normalized spacial score (nSPS) is 24.9. The molecular formula is C14H20O4. The van der Waals surface area contributed by atoms with Crippen molar-refractivity contribution in [3.05, 3.63) is 23.8 Å². The number of methoxy groups -OCH3 is 2. The second kappa shape index (κ2) is 5.59. The summed E-state index contributed by atoms with van der Waals surface area (Å²) in [6.45, 7) is 2.10. The van der Waals surface area contributed by atoms with Gasteiger partial charge in [0.2, 0.25) is 0 Å². The van der Waals surface area contributed by atoms with Crippen LogP contribution in [-0.4, -0.2) is 31.7 Å². The van der Waals surface area contributed by atoms with Crippen molar-refractivity contribution in [2.75, 3.05) is 14.2 Å².